The molecule has 24 heavy (non-hydrogen) atoms. The van der Waals surface area contributed by atoms with E-state index in [-0.39, 0.29) is 23.8 Å². The van der Waals surface area contributed by atoms with E-state index < -0.39 is 23.5 Å². The van der Waals surface area contributed by atoms with Gasteiger partial charge in [-0.05, 0) is 17.7 Å². The SMILES string of the molecule is O=C(NC1COC1)c1cn(Cc2ccc(F)c(C(F)(F)F)c2)nn1. The van der Waals surface area contributed by atoms with E-state index in [2.05, 4.69) is 15.6 Å². The summed E-state index contributed by atoms with van der Waals surface area (Å²) in [4.78, 5) is 11.9. The van der Waals surface area contributed by atoms with Crippen molar-refractivity contribution in [3.05, 3.63) is 47.0 Å². The van der Waals surface area contributed by atoms with Crippen molar-refractivity contribution in [1.29, 1.82) is 0 Å². The van der Waals surface area contributed by atoms with Crippen LogP contribution in [0.2, 0.25) is 0 Å². The Kier molecular flexibility index (Phi) is 4.22. The fourth-order valence-electron chi connectivity index (χ4n) is 2.13. The molecule has 1 aliphatic heterocycles. The first-order chi connectivity index (χ1) is 11.3. The van der Waals surface area contributed by atoms with Crippen LogP contribution < -0.4 is 5.32 Å². The van der Waals surface area contributed by atoms with Crippen LogP contribution in [0.3, 0.4) is 0 Å². The summed E-state index contributed by atoms with van der Waals surface area (Å²) in [6, 6.07) is 2.61. The lowest BCUT2D eigenvalue weighted by molar-refractivity contribution is -0.140. The van der Waals surface area contributed by atoms with E-state index in [9.17, 15) is 22.4 Å². The standard InChI is InChI=1S/C14H12F4N4O2/c15-11-2-1-8(3-10(11)14(16,17)18)4-22-5-12(20-21-22)13(23)19-9-6-24-7-9/h1-3,5,9H,4,6-7H2,(H,19,23). The van der Waals surface area contributed by atoms with E-state index in [0.717, 1.165) is 6.07 Å². The van der Waals surface area contributed by atoms with Gasteiger partial charge in [0.15, 0.2) is 5.69 Å². The lowest BCUT2D eigenvalue weighted by Gasteiger charge is -2.26. The number of carbonyl (C=O) groups excluding carboxylic acids is 1. The predicted molar refractivity (Wildman–Crippen MR) is 72.6 cm³/mol. The van der Waals surface area contributed by atoms with Gasteiger partial charge in [-0.2, -0.15) is 13.2 Å². The topological polar surface area (TPSA) is 69.0 Å². The minimum absolute atomic E-state index is 0.0417. The fraction of sp³-hybridized carbons (Fsp3) is 0.357. The molecule has 0 saturated carbocycles. The average Bonchev–Trinajstić information content (AvgIpc) is 2.92. The number of rotatable bonds is 4. The van der Waals surface area contributed by atoms with Crippen molar-refractivity contribution in [1.82, 2.24) is 20.3 Å². The summed E-state index contributed by atoms with van der Waals surface area (Å²) >= 11 is 0. The van der Waals surface area contributed by atoms with Crippen LogP contribution in [0.5, 0.6) is 0 Å². The van der Waals surface area contributed by atoms with Crippen LogP contribution in [0.4, 0.5) is 17.6 Å². The molecule has 1 aromatic carbocycles. The van der Waals surface area contributed by atoms with Crippen molar-refractivity contribution < 1.29 is 27.1 Å². The highest BCUT2D eigenvalue weighted by Gasteiger charge is 2.34. The van der Waals surface area contributed by atoms with Gasteiger partial charge in [-0.25, -0.2) is 9.07 Å². The lowest BCUT2D eigenvalue weighted by atomic mass is 10.1. The maximum Gasteiger partial charge on any atom is 0.419 e. The molecule has 2 aromatic rings. The zero-order valence-electron chi connectivity index (χ0n) is 12.2. The highest BCUT2D eigenvalue weighted by Crippen LogP contribution is 2.32. The van der Waals surface area contributed by atoms with Gasteiger partial charge in [0.25, 0.3) is 5.91 Å². The monoisotopic (exact) mass is 344 g/mol. The van der Waals surface area contributed by atoms with Crippen LogP contribution in [-0.4, -0.2) is 40.2 Å². The van der Waals surface area contributed by atoms with Gasteiger partial charge in [-0.15, -0.1) is 5.10 Å². The molecule has 1 saturated heterocycles. The van der Waals surface area contributed by atoms with Crippen molar-refractivity contribution in [3.63, 3.8) is 0 Å². The Labute approximate surface area is 133 Å². The largest absolute Gasteiger partial charge is 0.419 e. The minimum Gasteiger partial charge on any atom is -0.377 e. The summed E-state index contributed by atoms with van der Waals surface area (Å²) in [6.07, 6.45) is -3.47. The van der Waals surface area contributed by atoms with Gasteiger partial charge in [0.1, 0.15) is 5.82 Å². The van der Waals surface area contributed by atoms with Gasteiger partial charge in [0.2, 0.25) is 0 Å². The number of hydrogen-bond acceptors (Lipinski definition) is 4. The molecule has 0 bridgehead atoms. The molecule has 10 heteroatoms. The zero-order chi connectivity index (χ0) is 17.3. The number of aromatic nitrogens is 3. The van der Waals surface area contributed by atoms with Crippen LogP contribution in [0, 0.1) is 5.82 Å². The molecule has 0 unspecified atom stereocenters. The molecular formula is C14H12F4N4O2. The normalized spacial score (nSPS) is 15.2. The van der Waals surface area contributed by atoms with E-state index in [0.29, 0.717) is 19.3 Å². The molecule has 1 fully saturated rings. The molecule has 6 nitrogen and oxygen atoms in total. The third-order valence-corrected chi connectivity index (χ3v) is 3.43. The van der Waals surface area contributed by atoms with Gasteiger partial charge in [-0.1, -0.05) is 11.3 Å². The quantitative estimate of drug-likeness (QED) is 0.856. The Hall–Kier alpha value is -2.49. The second kappa shape index (κ2) is 6.19. The number of hydrogen-bond donors (Lipinski definition) is 1. The summed E-state index contributed by atoms with van der Waals surface area (Å²) in [5.74, 6) is -1.78. The van der Waals surface area contributed by atoms with Crippen molar-refractivity contribution in [2.45, 2.75) is 18.8 Å². The Morgan fingerprint density at radius 2 is 2.12 bits per heavy atom. The van der Waals surface area contributed by atoms with E-state index >= 15 is 0 Å². The second-order valence-corrected chi connectivity index (χ2v) is 5.32. The number of alkyl halides is 3. The molecule has 1 aromatic heterocycles. The first-order valence-electron chi connectivity index (χ1n) is 6.97. The first kappa shape index (κ1) is 16.4. The lowest BCUT2D eigenvalue weighted by Crippen LogP contribution is -2.48. The van der Waals surface area contributed by atoms with E-state index in [1.165, 1.54) is 16.9 Å². The summed E-state index contributed by atoms with van der Waals surface area (Å²) < 4.78 is 57.5. The van der Waals surface area contributed by atoms with E-state index in [1.807, 2.05) is 0 Å². The smallest absolute Gasteiger partial charge is 0.377 e. The Morgan fingerprint density at radius 3 is 2.75 bits per heavy atom. The third-order valence-electron chi connectivity index (χ3n) is 3.43. The summed E-state index contributed by atoms with van der Waals surface area (Å²) in [5, 5.41) is 10.0. The summed E-state index contributed by atoms with van der Waals surface area (Å²) in [6.45, 7) is 0.779. The van der Waals surface area contributed by atoms with Crippen molar-refractivity contribution in [2.75, 3.05) is 13.2 Å². The molecule has 0 atom stereocenters. The highest BCUT2D eigenvalue weighted by molar-refractivity contribution is 5.92. The van der Waals surface area contributed by atoms with Crippen LogP contribution in [0.25, 0.3) is 0 Å². The van der Waals surface area contributed by atoms with Crippen LogP contribution in [0.15, 0.2) is 24.4 Å². The van der Waals surface area contributed by atoms with E-state index in [4.69, 9.17) is 4.74 Å². The van der Waals surface area contributed by atoms with Gasteiger partial charge in [0.05, 0.1) is 37.6 Å². The highest BCUT2D eigenvalue weighted by atomic mass is 19.4. The average molecular weight is 344 g/mol. The Morgan fingerprint density at radius 1 is 1.38 bits per heavy atom. The molecule has 1 aliphatic rings. The fourth-order valence-corrected chi connectivity index (χ4v) is 2.13. The number of halogens is 4. The number of benzene rings is 1. The maximum atomic E-state index is 13.3. The van der Waals surface area contributed by atoms with E-state index in [1.54, 1.807) is 0 Å². The molecule has 1 N–H and O–H groups in total. The van der Waals surface area contributed by atoms with Crippen molar-refractivity contribution in [2.24, 2.45) is 0 Å². The number of nitrogens with zero attached hydrogens (tertiary/aromatic N) is 3. The molecule has 0 spiro atoms. The van der Waals surface area contributed by atoms with Gasteiger partial charge in [-0.3, -0.25) is 4.79 Å². The minimum atomic E-state index is -4.78. The first-order valence-corrected chi connectivity index (χ1v) is 6.97. The van der Waals surface area contributed by atoms with Crippen LogP contribution in [0.1, 0.15) is 21.6 Å². The van der Waals surface area contributed by atoms with Crippen molar-refractivity contribution in [3.8, 4) is 0 Å². The molecule has 2 heterocycles. The third kappa shape index (κ3) is 3.53. The number of carbonyl (C=O) groups is 1. The zero-order valence-corrected chi connectivity index (χ0v) is 12.2. The van der Waals surface area contributed by atoms with Gasteiger partial charge < -0.3 is 10.1 Å². The van der Waals surface area contributed by atoms with Crippen LogP contribution >= 0.6 is 0 Å². The molecule has 128 valence electrons. The predicted octanol–water partition coefficient (Wildman–Crippen LogP) is 1.61. The molecule has 3 rings (SSSR count). The maximum absolute atomic E-state index is 13.3. The molecule has 0 aliphatic carbocycles. The van der Waals surface area contributed by atoms with Crippen LogP contribution in [-0.2, 0) is 17.5 Å². The summed E-state index contributed by atoms with van der Waals surface area (Å²) in [5.41, 5.74) is -1.11. The Bertz CT molecular complexity index is 755. The number of ether oxygens (including phenoxy) is 1. The Balaban J connectivity index is 1.71. The van der Waals surface area contributed by atoms with Gasteiger partial charge in [0, 0.05) is 0 Å². The molecular weight excluding hydrogens is 332 g/mol. The number of nitrogens with one attached hydrogen (secondary N) is 1. The molecule has 1 amide bonds. The second-order valence-electron chi connectivity index (χ2n) is 5.32. The summed E-state index contributed by atoms with van der Waals surface area (Å²) in [7, 11) is 0. The molecule has 0 radical (unpaired) electrons. The number of amides is 1. The van der Waals surface area contributed by atoms with Crippen molar-refractivity contribution >= 4 is 5.91 Å². The van der Waals surface area contributed by atoms with Gasteiger partial charge >= 0.3 is 6.18 Å².